The number of carbonyl (C=O) groups is 1. The van der Waals surface area contributed by atoms with E-state index in [-0.39, 0.29) is 30.7 Å². The molecule has 0 bridgehead atoms. The molecule has 0 unspecified atom stereocenters. The van der Waals surface area contributed by atoms with Gasteiger partial charge in [-0.15, -0.1) is 24.8 Å². The fourth-order valence-electron chi connectivity index (χ4n) is 0.941. The van der Waals surface area contributed by atoms with Crippen molar-refractivity contribution in [3.8, 4) is 0 Å². The van der Waals surface area contributed by atoms with Gasteiger partial charge in [-0.2, -0.15) is 0 Å². The van der Waals surface area contributed by atoms with Crippen LogP contribution >= 0.6 is 24.8 Å². The molecule has 15 heavy (non-hydrogen) atoms. The normalized spacial score (nSPS) is 8.47. The number of pyridine rings is 1. The molecule has 4 nitrogen and oxygen atoms in total. The summed E-state index contributed by atoms with van der Waals surface area (Å²) in [7, 11) is 3.39. The van der Waals surface area contributed by atoms with Gasteiger partial charge in [0, 0.05) is 20.6 Å². The van der Waals surface area contributed by atoms with Crippen molar-refractivity contribution in [1.29, 1.82) is 0 Å². The van der Waals surface area contributed by atoms with Crippen LogP contribution in [0.1, 0.15) is 16.2 Å². The Morgan fingerprint density at radius 1 is 1.40 bits per heavy atom. The second-order valence-corrected chi connectivity index (χ2v) is 2.92. The highest BCUT2D eigenvalue weighted by molar-refractivity contribution is 5.91. The number of hydrogen-bond donors (Lipinski definition) is 1. The second-order valence-electron chi connectivity index (χ2n) is 2.92. The minimum absolute atomic E-state index is 0. The van der Waals surface area contributed by atoms with E-state index in [4.69, 9.17) is 5.73 Å². The number of carbonyl (C=O) groups excluding carboxylic acids is 1. The molecule has 1 aromatic heterocycles. The summed E-state index contributed by atoms with van der Waals surface area (Å²) in [5.41, 5.74) is 6.57. The van der Waals surface area contributed by atoms with Crippen LogP contribution in [0, 0.1) is 0 Å². The van der Waals surface area contributed by atoms with Gasteiger partial charge in [-0.25, -0.2) is 4.98 Å². The molecule has 1 aromatic rings. The number of nitrogens with zero attached hydrogens (tertiary/aromatic N) is 2. The van der Waals surface area contributed by atoms with Crippen LogP contribution in [-0.2, 0) is 6.54 Å². The molecule has 0 saturated carbocycles. The van der Waals surface area contributed by atoms with Crippen LogP contribution in [0.2, 0.25) is 0 Å². The van der Waals surface area contributed by atoms with Crippen LogP contribution in [-0.4, -0.2) is 29.9 Å². The van der Waals surface area contributed by atoms with Gasteiger partial charge in [-0.1, -0.05) is 6.07 Å². The van der Waals surface area contributed by atoms with Gasteiger partial charge in [0.1, 0.15) is 5.69 Å². The molecule has 1 rings (SSSR count). The van der Waals surface area contributed by atoms with Crippen LogP contribution in [0.4, 0.5) is 0 Å². The molecular formula is C9H15Cl2N3O. The molecule has 6 heteroatoms. The van der Waals surface area contributed by atoms with Gasteiger partial charge in [0.25, 0.3) is 5.91 Å². The number of rotatable bonds is 2. The molecule has 1 heterocycles. The summed E-state index contributed by atoms with van der Waals surface area (Å²) >= 11 is 0. The second kappa shape index (κ2) is 7.45. The predicted molar refractivity (Wildman–Crippen MR) is 64.6 cm³/mol. The van der Waals surface area contributed by atoms with E-state index in [0.717, 1.165) is 5.69 Å². The Bertz CT molecular complexity index is 318. The fourth-order valence-corrected chi connectivity index (χ4v) is 0.941. The van der Waals surface area contributed by atoms with Crippen molar-refractivity contribution < 1.29 is 4.79 Å². The lowest BCUT2D eigenvalue weighted by Gasteiger charge is -2.09. The third-order valence-corrected chi connectivity index (χ3v) is 1.64. The zero-order valence-corrected chi connectivity index (χ0v) is 10.3. The van der Waals surface area contributed by atoms with Gasteiger partial charge in [-0.3, -0.25) is 4.79 Å². The first-order valence-electron chi connectivity index (χ1n) is 4.03. The maximum atomic E-state index is 11.4. The van der Waals surface area contributed by atoms with E-state index in [0.29, 0.717) is 12.2 Å². The van der Waals surface area contributed by atoms with Crippen molar-refractivity contribution in [2.75, 3.05) is 14.1 Å². The average molecular weight is 252 g/mol. The first-order chi connectivity index (χ1) is 6.15. The number of halogens is 2. The van der Waals surface area contributed by atoms with Gasteiger partial charge in [0.15, 0.2) is 0 Å². The fraction of sp³-hybridized carbons (Fsp3) is 0.333. The average Bonchev–Trinajstić information content (AvgIpc) is 2.16. The molecule has 86 valence electrons. The minimum Gasteiger partial charge on any atom is -0.343 e. The highest BCUT2D eigenvalue weighted by atomic mass is 35.5. The first kappa shape index (κ1) is 16.6. The summed E-state index contributed by atoms with van der Waals surface area (Å²) < 4.78 is 0. The number of aromatic nitrogens is 1. The van der Waals surface area contributed by atoms with E-state index in [9.17, 15) is 4.79 Å². The van der Waals surface area contributed by atoms with Crippen LogP contribution < -0.4 is 5.73 Å². The van der Waals surface area contributed by atoms with E-state index in [1.807, 2.05) is 0 Å². The number of amides is 1. The molecule has 0 aromatic carbocycles. The van der Waals surface area contributed by atoms with Crippen LogP contribution in [0.25, 0.3) is 0 Å². The van der Waals surface area contributed by atoms with Crippen molar-refractivity contribution >= 4 is 30.7 Å². The molecule has 0 aliphatic heterocycles. The summed E-state index contributed by atoms with van der Waals surface area (Å²) in [5.74, 6) is -0.102. The zero-order chi connectivity index (χ0) is 9.84. The lowest BCUT2D eigenvalue weighted by molar-refractivity contribution is 0.0821. The maximum absolute atomic E-state index is 11.4. The molecule has 0 fully saturated rings. The molecule has 0 aliphatic rings. The molecule has 0 atom stereocenters. The van der Waals surface area contributed by atoms with Crippen molar-refractivity contribution in [2.45, 2.75) is 6.54 Å². The number of hydrogen-bond acceptors (Lipinski definition) is 3. The van der Waals surface area contributed by atoms with E-state index in [1.165, 1.54) is 4.90 Å². The van der Waals surface area contributed by atoms with Gasteiger partial charge in [0.05, 0.1) is 5.69 Å². The molecule has 1 amide bonds. The molecule has 0 aliphatic carbocycles. The summed E-state index contributed by atoms with van der Waals surface area (Å²) in [6.45, 7) is 0.356. The van der Waals surface area contributed by atoms with E-state index in [1.54, 1.807) is 32.3 Å². The van der Waals surface area contributed by atoms with Gasteiger partial charge >= 0.3 is 0 Å². The van der Waals surface area contributed by atoms with Crippen LogP contribution in [0.15, 0.2) is 18.2 Å². The van der Waals surface area contributed by atoms with Crippen molar-refractivity contribution in [3.63, 3.8) is 0 Å². The first-order valence-corrected chi connectivity index (χ1v) is 4.03. The van der Waals surface area contributed by atoms with Crippen molar-refractivity contribution in [1.82, 2.24) is 9.88 Å². The molecular weight excluding hydrogens is 237 g/mol. The standard InChI is InChI=1S/C9H13N3O.2ClH/c1-12(2)9(13)8-5-3-4-7(6-10)11-8;;/h3-5H,6,10H2,1-2H3;2*1H. The quantitative estimate of drug-likeness (QED) is 0.856. The summed E-state index contributed by atoms with van der Waals surface area (Å²) in [6, 6.07) is 5.26. The highest BCUT2D eigenvalue weighted by Gasteiger charge is 2.08. The van der Waals surface area contributed by atoms with Crippen LogP contribution in [0.3, 0.4) is 0 Å². The molecule has 0 radical (unpaired) electrons. The van der Waals surface area contributed by atoms with Crippen molar-refractivity contribution in [3.05, 3.63) is 29.6 Å². The van der Waals surface area contributed by atoms with Crippen molar-refractivity contribution in [2.24, 2.45) is 5.73 Å². The van der Waals surface area contributed by atoms with E-state index >= 15 is 0 Å². The van der Waals surface area contributed by atoms with Gasteiger partial charge in [0.2, 0.25) is 0 Å². The summed E-state index contributed by atoms with van der Waals surface area (Å²) in [5, 5.41) is 0. The Morgan fingerprint density at radius 2 is 2.00 bits per heavy atom. The SMILES string of the molecule is CN(C)C(=O)c1cccc(CN)n1.Cl.Cl. The lowest BCUT2D eigenvalue weighted by atomic mass is 10.3. The molecule has 2 N–H and O–H groups in total. The largest absolute Gasteiger partial charge is 0.343 e. The number of nitrogens with two attached hydrogens (primary N) is 1. The molecule has 0 spiro atoms. The van der Waals surface area contributed by atoms with Gasteiger partial charge in [-0.05, 0) is 12.1 Å². The maximum Gasteiger partial charge on any atom is 0.271 e. The van der Waals surface area contributed by atoms with E-state index < -0.39 is 0 Å². The minimum atomic E-state index is -0.102. The Balaban J connectivity index is 0. The smallest absolute Gasteiger partial charge is 0.271 e. The Morgan fingerprint density at radius 3 is 2.47 bits per heavy atom. The van der Waals surface area contributed by atoms with Gasteiger partial charge < -0.3 is 10.6 Å². The predicted octanol–water partition coefficient (Wildman–Crippen LogP) is 1.09. The third-order valence-electron chi connectivity index (χ3n) is 1.64. The topological polar surface area (TPSA) is 59.2 Å². The lowest BCUT2D eigenvalue weighted by Crippen LogP contribution is -2.23. The summed E-state index contributed by atoms with van der Waals surface area (Å²) in [6.07, 6.45) is 0. The molecule has 0 saturated heterocycles. The Hall–Kier alpha value is -0.840. The third kappa shape index (κ3) is 4.46. The van der Waals surface area contributed by atoms with E-state index in [2.05, 4.69) is 4.98 Å². The van der Waals surface area contributed by atoms with Crippen LogP contribution in [0.5, 0.6) is 0 Å². The monoisotopic (exact) mass is 251 g/mol. The summed E-state index contributed by atoms with van der Waals surface area (Å²) in [4.78, 5) is 17.0. The Labute approximate surface area is 102 Å². The Kier molecular flexibility index (Phi) is 8.24. The zero-order valence-electron chi connectivity index (χ0n) is 8.64. The highest BCUT2D eigenvalue weighted by Crippen LogP contribution is 2.00.